The zero-order valence-corrected chi connectivity index (χ0v) is 24.7. The van der Waals surface area contributed by atoms with Crippen molar-refractivity contribution >= 4 is 24.4 Å². The van der Waals surface area contributed by atoms with Gasteiger partial charge in [-0.2, -0.15) is 0 Å². The van der Waals surface area contributed by atoms with Crippen molar-refractivity contribution in [2.45, 2.75) is 59.1 Å². The maximum absolute atomic E-state index is 12.8. The number of hydrogen-bond acceptors (Lipinski definition) is 12. The van der Waals surface area contributed by atoms with Crippen LogP contribution in [0.3, 0.4) is 0 Å². The number of rotatable bonds is 13. The van der Waals surface area contributed by atoms with Gasteiger partial charge < -0.3 is 38.9 Å². The van der Waals surface area contributed by atoms with E-state index in [1.807, 2.05) is 27.7 Å². The summed E-state index contributed by atoms with van der Waals surface area (Å²) in [5, 5.41) is 0. The quantitative estimate of drug-likeness (QED) is 0.179. The predicted molar refractivity (Wildman–Crippen MR) is 150 cm³/mol. The van der Waals surface area contributed by atoms with Crippen molar-refractivity contribution in [2.24, 2.45) is 17.6 Å². The Morgan fingerprint density at radius 1 is 0.762 bits per heavy atom. The summed E-state index contributed by atoms with van der Waals surface area (Å²) in [5.41, 5.74) is 5.23. The molecule has 0 saturated carbocycles. The monoisotopic (exact) mass is 589 g/mol. The van der Waals surface area contributed by atoms with Crippen LogP contribution in [-0.2, 0) is 30.2 Å². The molecule has 0 amide bonds. The van der Waals surface area contributed by atoms with Gasteiger partial charge in [-0.25, -0.2) is 14.4 Å². The van der Waals surface area contributed by atoms with Crippen LogP contribution in [0.4, 0.5) is 14.4 Å². The number of esters is 1. The van der Waals surface area contributed by atoms with E-state index in [-0.39, 0.29) is 55.1 Å². The highest BCUT2D eigenvalue weighted by atomic mass is 16.7. The maximum Gasteiger partial charge on any atom is 0.514 e. The van der Waals surface area contributed by atoms with Crippen LogP contribution in [0.5, 0.6) is 17.2 Å². The van der Waals surface area contributed by atoms with Crippen molar-refractivity contribution in [1.29, 1.82) is 0 Å². The van der Waals surface area contributed by atoms with Gasteiger partial charge in [0.25, 0.3) is 0 Å². The number of methoxy groups -OCH3 is 1. The molecule has 2 aromatic rings. The zero-order valence-electron chi connectivity index (χ0n) is 24.7. The van der Waals surface area contributed by atoms with Crippen molar-refractivity contribution in [3.8, 4) is 17.2 Å². The van der Waals surface area contributed by atoms with Crippen LogP contribution in [0.1, 0.15) is 46.6 Å². The second-order valence-corrected chi connectivity index (χ2v) is 10.5. The van der Waals surface area contributed by atoms with Crippen molar-refractivity contribution < 1.29 is 52.3 Å². The smallest absolute Gasteiger partial charge is 0.468 e. The fraction of sp³-hybridized carbons (Fsp3) is 0.467. The lowest BCUT2D eigenvalue weighted by Crippen LogP contribution is -2.53. The molecule has 12 heteroatoms. The molecular formula is C30H39NO11. The Labute approximate surface area is 245 Å². The van der Waals surface area contributed by atoms with Crippen LogP contribution in [0.15, 0.2) is 48.5 Å². The molecule has 1 unspecified atom stereocenters. The van der Waals surface area contributed by atoms with Crippen LogP contribution < -0.4 is 19.9 Å². The van der Waals surface area contributed by atoms with Crippen molar-refractivity contribution in [3.05, 3.63) is 54.1 Å². The Kier molecular flexibility index (Phi) is 13.1. The molecular weight excluding hydrogens is 550 g/mol. The van der Waals surface area contributed by atoms with Gasteiger partial charge in [-0.05, 0) is 48.6 Å². The number of benzene rings is 2. The molecule has 0 spiro atoms. The van der Waals surface area contributed by atoms with E-state index in [0.29, 0.717) is 5.56 Å². The third kappa shape index (κ3) is 11.7. The Balaban J connectivity index is 2.24. The van der Waals surface area contributed by atoms with Gasteiger partial charge in [-0.1, -0.05) is 52.0 Å². The number of para-hydroxylation sites is 1. The van der Waals surface area contributed by atoms with E-state index in [2.05, 4.69) is 0 Å². The summed E-state index contributed by atoms with van der Waals surface area (Å²) in [6.07, 6.45) is -4.11. The van der Waals surface area contributed by atoms with E-state index in [4.69, 9.17) is 38.9 Å². The molecule has 12 nitrogen and oxygen atoms in total. The lowest BCUT2D eigenvalue weighted by Gasteiger charge is -2.29. The Morgan fingerprint density at radius 2 is 1.33 bits per heavy atom. The van der Waals surface area contributed by atoms with E-state index in [1.54, 1.807) is 37.3 Å². The van der Waals surface area contributed by atoms with Crippen LogP contribution in [0.2, 0.25) is 0 Å². The topological polar surface area (TPSA) is 159 Å². The first-order valence-corrected chi connectivity index (χ1v) is 13.4. The molecule has 0 aliphatic rings. The van der Waals surface area contributed by atoms with Crippen LogP contribution >= 0.6 is 0 Å². The summed E-state index contributed by atoms with van der Waals surface area (Å²) in [6.45, 7) is 9.21. The summed E-state index contributed by atoms with van der Waals surface area (Å²) in [4.78, 5) is 49.5. The van der Waals surface area contributed by atoms with Crippen LogP contribution in [0, 0.1) is 11.8 Å². The summed E-state index contributed by atoms with van der Waals surface area (Å²) in [6, 6.07) is 12.6. The zero-order chi connectivity index (χ0) is 31.3. The predicted octanol–water partition coefficient (Wildman–Crippen LogP) is 5.44. The van der Waals surface area contributed by atoms with Gasteiger partial charge >= 0.3 is 24.4 Å². The summed E-state index contributed by atoms with van der Waals surface area (Å²) in [5.74, 6) is -0.634. The van der Waals surface area contributed by atoms with E-state index >= 15 is 0 Å². The molecule has 0 aliphatic carbocycles. The first-order valence-electron chi connectivity index (χ1n) is 13.4. The minimum Gasteiger partial charge on any atom is -0.468 e. The fourth-order valence-electron chi connectivity index (χ4n) is 3.66. The number of ether oxygens (including phenoxy) is 7. The Bertz CT molecular complexity index is 1200. The SMILES string of the molecule is COC(=O)C(N)(Cc1ccc(OC(=O)OCC(C)C)c(OC(=O)OCC(C)C)c1)C[C@H](C)OC(=O)Oc1ccccc1. The second kappa shape index (κ2) is 16.2. The molecule has 0 heterocycles. The molecule has 42 heavy (non-hydrogen) atoms. The number of carbonyl (C=O) groups is 4. The summed E-state index contributed by atoms with van der Waals surface area (Å²) in [7, 11) is 1.18. The van der Waals surface area contributed by atoms with Gasteiger partial charge in [0.2, 0.25) is 0 Å². The molecule has 2 N–H and O–H groups in total. The van der Waals surface area contributed by atoms with Crippen molar-refractivity contribution in [2.75, 3.05) is 20.3 Å². The molecule has 0 aliphatic heterocycles. The van der Waals surface area contributed by atoms with Gasteiger partial charge in [-0.15, -0.1) is 0 Å². The molecule has 0 saturated heterocycles. The Hall–Kier alpha value is -4.32. The number of carbonyl (C=O) groups excluding carboxylic acids is 4. The average molecular weight is 590 g/mol. The van der Waals surface area contributed by atoms with E-state index < -0.39 is 36.1 Å². The molecule has 230 valence electrons. The lowest BCUT2D eigenvalue weighted by molar-refractivity contribution is -0.148. The van der Waals surface area contributed by atoms with Gasteiger partial charge in [0, 0.05) is 12.8 Å². The van der Waals surface area contributed by atoms with Crippen molar-refractivity contribution in [3.63, 3.8) is 0 Å². The molecule has 0 fully saturated rings. The maximum atomic E-state index is 12.8. The fourth-order valence-corrected chi connectivity index (χ4v) is 3.66. The van der Waals surface area contributed by atoms with Crippen molar-refractivity contribution in [1.82, 2.24) is 0 Å². The minimum absolute atomic E-state index is 0.0534. The molecule has 2 aromatic carbocycles. The standard InChI is InChI=1S/C30H39NO11/c1-19(2)17-37-27(33)41-24-13-12-22(14-25(24)42-28(34)38-18-20(3)4)16-30(31,26(32)36-6)15-21(5)39-29(35)40-23-10-8-7-9-11-23/h7-14,19-21H,15-18,31H2,1-6H3/t21-,30?/m0/s1. The van der Waals surface area contributed by atoms with E-state index in [1.165, 1.54) is 25.3 Å². The highest BCUT2D eigenvalue weighted by Crippen LogP contribution is 2.32. The normalized spacial score (nSPS) is 13.0. The highest BCUT2D eigenvalue weighted by Gasteiger charge is 2.38. The van der Waals surface area contributed by atoms with Gasteiger partial charge in [0.05, 0.1) is 20.3 Å². The molecule has 0 radical (unpaired) electrons. The average Bonchev–Trinajstić information content (AvgIpc) is 2.92. The largest absolute Gasteiger partial charge is 0.514 e. The summed E-state index contributed by atoms with van der Waals surface area (Å²) >= 11 is 0. The second-order valence-electron chi connectivity index (χ2n) is 10.5. The highest BCUT2D eigenvalue weighted by molar-refractivity contribution is 5.81. The minimum atomic E-state index is -1.67. The Morgan fingerprint density at radius 3 is 1.88 bits per heavy atom. The van der Waals surface area contributed by atoms with Crippen LogP contribution in [0.25, 0.3) is 0 Å². The summed E-state index contributed by atoms with van der Waals surface area (Å²) < 4.78 is 36.1. The molecule has 2 rings (SSSR count). The van der Waals surface area contributed by atoms with Gasteiger partial charge in [-0.3, -0.25) is 4.79 Å². The number of nitrogens with two attached hydrogens (primary N) is 1. The van der Waals surface area contributed by atoms with Crippen LogP contribution in [-0.4, -0.2) is 56.4 Å². The van der Waals surface area contributed by atoms with E-state index in [9.17, 15) is 19.2 Å². The van der Waals surface area contributed by atoms with E-state index in [0.717, 1.165) is 0 Å². The van der Waals surface area contributed by atoms with Gasteiger partial charge in [0.15, 0.2) is 11.5 Å². The first-order chi connectivity index (χ1) is 19.8. The number of hydrogen-bond donors (Lipinski definition) is 1. The molecule has 0 bridgehead atoms. The van der Waals surface area contributed by atoms with Gasteiger partial charge in [0.1, 0.15) is 17.4 Å². The first kappa shape index (κ1) is 33.9. The third-order valence-corrected chi connectivity index (χ3v) is 5.47. The third-order valence-electron chi connectivity index (χ3n) is 5.47. The molecule has 0 aromatic heterocycles. The molecule has 2 atom stereocenters. The lowest BCUT2D eigenvalue weighted by atomic mass is 9.86.